The molecular weight excluding hydrogens is 354 g/mol. The quantitative estimate of drug-likeness (QED) is 0.847. The zero-order valence-electron chi connectivity index (χ0n) is 11.7. The van der Waals surface area contributed by atoms with Crippen LogP contribution in [0.5, 0.6) is 0 Å². The largest absolute Gasteiger partial charge is 0.370 e. The van der Waals surface area contributed by atoms with Gasteiger partial charge in [-0.25, -0.2) is 13.4 Å². The minimum Gasteiger partial charge on any atom is -0.370 e. The second kappa shape index (κ2) is 6.44. The van der Waals surface area contributed by atoms with E-state index in [1.165, 1.54) is 12.3 Å². The maximum Gasteiger partial charge on any atom is 0.263 e. The van der Waals surface area contributed by atoms with E-state index < -0.39 is 10.0 Å². The molecule has 2 N–H and O–H groups in total. The van der Waals surface area contributed by atoms with Gasteiger partial charge in [0.15, 0.2) is 0 Å². The summed E-state index contributed by atoms with van der Waals surface area (Å²) in [7, 11) is -3.65. The zero-order valence-corrected chi connectivity index (χ0v) is 14.1. The number of benzene rings is 1. The molecule has 0 aliphatic rings. The Morgan fingerprint density at radius 2 is 2.00 bits per heavy atom. The number of halogens is 1. The number of hydrogen-bond acceptors (Lipinski definition) is 4. The monoisotopic (exact) mass is 369 g/mol. The van der Waals surface area contributed by atoms with Crippen LogP contribution in [0.3, 0.4) is 0 Å². The van der Waals surface area contributed by atoms with Gasteiger partial charge in [0.1, 0.15) is 10.7 Å². The van der Waals surface area contributed by atoms with Crippen molar-refractivity contribution in [2.45, 2.75) is 18.7 Å². The van der Waals surface area contributed by atoms with Crippen molar-refractivity contribution in [3.05, 3.63) is 46.6 Å². The van der Waals surface area contributed by atoms with Crippen molar-refractivity contribution in [3.63, 3.8) is 0 Å². The van der Waals surface area contributed by atoms with E-state index in [-0.39, 0.29) is 4.90 Å². The number of sulfonamides is 1. The van der Waals surface area contributed by atoms with E-state index in [9.17, 15) is 8.42 Å². The van der Waals surface area contributed by atoms with Gasteiger partial charge in [-0.05, 0) is 43.7 Å². The van der Waals surface area contributed by atoms with Crippen LogP contribution in [0.2, 0.25) is 0 Å². The van der Waals surface area contributed by atoms with Crippen LogP contribution >= 0.6 is 15.9 Å². The van der Waals surface area contributed by atoms with E-state index in [2.05, 4.69) is 31.0 Å². The lowest BCUT2D eigenvalue weighted by Crippen LogP contribution is -2.14. The fourth-order valence-electron chi connectivity index (χ4n) is 1.75. The smallest absolute Gasteiger partial charge is 0.263 e. The average molecular weight is 370 g/mol. The standard InChI is InChI=1S/C14H16BrN3O2S/c1-3-16-14-8-7-11(9-17-14)21(19,20)18-13-6-4-5-12(15)10(13)2/h4-9,18H,3H2,1-2H3,(H,16,17). The Hall–Kier alpha value is -1.60. The molecule has 7 heteroatoms. The Bertz CT molecular complexity index is 730. The van der Waals surface area contributed by atoms with Crippen molar-refractivity contribution in [1.82, 2.24) is 4.98 Å². The van der Waals surface area contributed by atoms with Crippen LogP contribution in [0.25, 0.3) is 0 Å². The number of aromatic nitrogens is 1. The van der Waals surface area contributed by atoms with Crippen molar-refractivity contribution in [2.75, 3.05) is 16.6 Å². The average Bonchev–Trinajstić information content (AvgIpc) is 2.45. The second-order valence-electron chi connectivity index (χ2n) is 4.43. The molecule has 0 atom stereocenters. The van der Waals surface area contributed by atoms with Gasteiger partial charge in [0.05, 0.1) is 5.69 Å². The van der Waals surface area contributed by atoms with Gasteiger partial charge in [0, 0.05) is 17.2 Å². The maximum absolute atomic E-state index is 12.3. The molecule has 21 heavy (non-hydrogen) atoms. The first-order chi connectivity index (χ1) is 9.94. The summed E-state index contributed by atoms with van der Waals surface area (Å²) in [6.45, 7) is 4.52. The molecule has 2 aromatic rings. The number of rotatable bonds is 5. The van der Waals surface area contributed by atoms with E-state index in [0.29, 0.717) is 11.5 Å². The minimum atomic E-state index is -3.65. The van der Waals surface area contributed by atoms with Crippen molar-refractivity contribution in [3.8, 4) is 0 Å². The predicted octanol–water partition coefficient (Wildman–Crippen LogP) is 3.39. The van der Waals surface area contributed by atoms with Gasteiger partial charge in [-0.3, -0.25) is 4.72 Å². The molecule has 0 radical (unpaired) electrons. The lowest BCUT2D eigenvalue weighted by Gasteiger charge is -2.11. The summed E-state index contributed by atoms with van der Waals surface area (Å²) in [5.74, 6) is 0.648. The van der Waals surface area contributed by atoms with Crippen LogP contribution in [0, 0.1) is 6.92 Å². The van der Waals surface area contributed by atoms with Crippen LogP contribution in [0.1, 0.15) is 12.5 Å². The Kier molecular flexibility index (Phi) is 4.84. The molecule has 1 aromatic carbocycles. The number of nitrogens with zero attached hydrogens (tertiary/aromatic N) is 1. The van der Waals surface area contributed by atoms with Crippen LogP contribution in [0.4, 0.5) is 11.5 Å². The Balaban J connectivity index is 2.27. The highest BCUT2D eigenvalue weighted by Gasteiger charge is 2.16. The van der Waals surface area contributed by atoms with E-state index >= 15 is 0 Å². The lowest BCUT2D eigenvalue weighted by molar-refractivity contribution is 0.601. The van der Waals surface area contributed by atoms with Gasteiger partial charge in [-0.2, -0.15) is 0 Å². The topological polar surface area (TPSA) is 71.1 Å². The molecule has 1 heterocycles. The normalized spacial score (nSPS) is 11.2. The van der Waals surface area contributed by atoms with Gasteiger partial charge < -0.3 is 5.32 Å². The molecule has 112 valence electrons. The molecule has 5 nitrogen and oxygen atoms in total. The minimum absolute atomic E-state index is 0.128. The lowest BCUT2D eigenvalue weighted by atomic mass is 10.2. The summed E-state index contributed by atoms with van der Waals surface area (Å²) < 4.78 is 28.1. The second-order valence-corrected chi connectivity index (χ2v) is 6.96. The highest BCUT2D eigenvalue weighted by atomic mass is 79.9. The molecule has 0 saturated heterocycles. The molecule has 1 aromatic heterocycles. The molecule has 0 fully saturated rings. The number of hydrogen-bond donors (Lipinski definition) is 2. The highest BCUT2D eigenvalue weighted by Crippen LogP contribution is 2.25. The Morgan fingerprint density at radius 3 is 2.62 bits per heavy atom. The molecule has 0 spiro atoms. The molecule has 0 bridgehead atoms. The van der Waals surface area contributed by atoms with Crippen molar-refractivity contribution in [2.24, 2.45) is 0 Å². The summed E-state index contributed by atoms with van der Waals surface area (Å²) in [5, 5.41) is 3.02. The van der Waals surface area contributed by atoms with Gasteiger partial charge >= 0.3 is 0 Å². The van der Waals surface area contributed by atoms with Gasteiger partial charge in [-0.1, -0.05) is 22.0 Å². The van der Waals surface area contributed by atoms with Crippen molar-refractivity contribution in [1.29, 1.82) is 0 Å². The summed E-state index contributed by atoms with van der Waals surface area (Å²) in [6, 6.07) is 8.53. The molecule has 0 aliphatic heterocycles. The van der Waals surface area contributed by atoms with Gasteiger partial charge in [0.2, 0.25) is 0 Å². The van der Waals surface area contributed by atoms with E-state index in [1.807, 2.05) is 19.9 Å². The van der Waals surface area contributed by atoms with Crippen molar-refractivity contribution < 1.29 is 8.42 Å². The molecule has 0 saturated carbocycles. The van der Waals surface area contributed by atoms with Crippen LogP contribution in [-0.4, -0.2) is 19.9 Å². The summed E-state index contributed by atoms with van der Waals surface area (Å²) >= 11 is 3.38. The Morgan fingerprint density at radius 1 is 1.24 bits per heavy atom. The first kappa shape index (κ1) is 15.8. The highest BCUT2D eigenvalue weighted by molar-refractivity contribution is 9.10. The first-order valence-electron chi connectivity index (χ1n) is 6.42. The zero-order chi connectivity index (χ0) is 15.5. The fourth-order valence-corrected chi connectivity index (χ4v) is 3.18. The summed E-state index contributed by atoms with van der Waals surface area (Å²) in [6.07, 6.45) is 1.34. The third kappa shape index (κ3) is 3.74. The molecule has 0 unspecified atom stereocenters. The molecule has 0 amide bonds. The van der Waals surface area contributed by atoms with Gasteiger partial charge in [0.25, 0.3) is 10.0 Å². The van der Waals surface area contributed by atoms with E-state index in [1.54, 1.807) is 18.2 Å². The van der Waals surface area contributed by atoms with Crippen LogP contribution in [0.15, 0.2) is 45.9 Å². The SMILES string of the molecule is CCNc1ccc(S(=O)(=O)Nc2cccc(Br)c2C)cn1. The van der Waals surface area contributed by atoms with Gasteiger partial charge in [-0.15, -0.1) is 0 Å². The molecule has 2 rings (SSSR count). The summed E-state index contributed by atoms with van der Waals surface area (Å²) in [4.78, 5) is 4.21. The first-order valence-corrected chi connectivity index (χ1v) is 8.69. The maximum atomic E-state index is 12.3. The van der Waals surface area contributed by atoms with Crippen LogP contribution in [-0.2, 0) is 10.0 Å². The number of nitrogens with one attached hydrogen (secondary N) is 2. The molecular formula is C14H16BrN3O2S. The molecule has 0 aliphatic carbocycles. The Labute approximate surface area is 133 Å². The van der Waals surface area contributed by atoms with Crippen LogP contribution < -0.4 is 10.0 Å². The third-order valence-corrected chi connectivity index (χ3v) is 5.13. The fraction of sp³-hybridized carbons (Fsp3) is 0.214. The predicted molar refractivity (Wildman–Crippen MR) is 88.1 cm³/mol. The van der Waals surface area contributed by atoms with E-state index in [4.69, 9.17) is 0 Å². The summed E-state index contributed by atoms with van der Waals surface area (Å²) in [5.41, 5.74) is 1.37. The van der Waals surface area contributed by atoms with Crippen molar-refractivity contribution >= 4 is 37.5 Å². The van der Waals surface area contributed by atoms with E-state index in [0.717, 1.165) is 16.6 Å². The third-order valence-electron chi connectivity index (χ3n) is 2.92. The number of pyridine rings is 1. The number of anilines is 2.